The van der Waals surface area contributed by atoms with Gasteiger partial charge >= 0.3 is 0 Å². The predicted octanol–water partition coefficient (Wildman–Crippen LogP) is 2.92. The lowest BCUT2D eigenvalue weighted by Gasteiger charge is -2.31. The van der Waals surface area contributed by atoms with Crippen LogP contribution >= 0.6 is 0 Å². The summed E-state index contributed by atoms with van der Waals surface area (Å²) in [5.74, 6) is -0.119. The zero-order valence-electron chi connectivity index (χ0n) is 11.1. The van der Waals surface area contributed by atoms with Gasteiger partial charge in [-0.05, 0) is 26.0 Å². The van der Waals surface area contributed by atoms with Crippen LogP contribution in [0.3, 0.4) is 0 Å². The number of rotatable bonds is 3. The highest BCUT2D eigenvalue weighted by Crippen LogP contribution is 2.22. The maximum Gasteiger partial charge on any atom is 0.127 e. The maximum absolute atomic E-state index is 13.6. The summed E-state index contributed by atoms with van der Waals surface area (Å²) in [5.41, 5.74) is 7.00. The molecule has 18 heavy (non-hydrogen) atoms. The Morgan fingerprint density at radius 1 is 1.22 bits per heavy atom. The Kier molecular flexibility index (Phi) is 4.72. The van der Waals surface area contributed by atoms with Crippen LogP contribution in [0.5, 0.6) is 0 Å². The molecule has 0 radical (unpaired) electrons. The maximum atomic E-state index is 13.6. The van der Waals surface area contributed by atoms with Gasteiger partial charge in [0.1, 0.15) is 5.82 Å². The largest absolute Gasteiger partial charge is 0.326 e. The molecule has 1 aliphatic rings. The molecule has 0 aromatic heterocycles. The first-order chi connectivity index (χ1) is 8.68. The molecule has 2 nitrogen and oxygen atoms in total. The van der Waals surface area contributed by atoms with Crippen molar-refractivity contribution in [2.75, 3.05) is 7.05 Å². The van der Waals surface area contributed by atoms with Crippen molar-refractivity contribution in [2.45, 2.75) is 50.7 Å². The fourth-order valence-corrected chi connectivity index (χ4v) is 2.88. The highest BCUT2D eigenvalue weighted by molar-refractivity contribution is 5.17. The summed E-state index contributed by atoms with van der Waals surface area (Å²) in [7, 11) is 2.06. The van der Waals surface area contributed by atoms with Gasteiger partial charge in [0.25, 0.3) is 0 Å². The van der Waals surface area contributed by atoms with Crippen LogP contribution in [0.1, 0.15) is 37.7 Å². The lowest BCUT2D eigenvalue weighted by molar-refractivity contribution is 0.191. The van der Waals surface area contributed by atoms with Crippen molar-refractivity contribution < 1.29 is 4.39 Å². The van der Waals surface area contributed by atoms with Crippen molar-refractivity contribution in [3.63, 3.8) is 0 Å². The first kappa shape index (κ1) is 13.5. The smallest absolute Gasteiger partial charge is 0.127 e. The van der Waals surface area contributed by atoms with E-state index in [1.165, 1.54) is 25.3 Å². The Hall–Kier alpha value is -0.930. The Balaban J connectivity index is 2.02. The Morgan fingerprint density at radius 3 is 2.72 bits per heavy atom. The molecular formula is C15H23FN2. The number of likely N-dealkylation sites (N-methyl/N-ethyl adjacent to an activating group) is 1. The van der Waals surface area contributed by atoms with Crippen molar-refractivity contribution >= 4 is 0 Å². The molecule has 0 amide bonds. The van der Waals surface area contributed by atoms with Crippen LogP contribution < -0.4 is 5.73 Å². The topological polar surface area (TPSA) is 29.3 Å². The van der Waals surface area contributed by atoms with Gasteiger partial charge in [-0.2, -0.15) is 0 Å². The van der Waals surface area contributed by atoms with Gasteiger partial charge in [-0.25, -0.2) is 4.39 Å². The van der Waals surface area contributed by atoms with Crippen LogP contribution in [-0.4, -0.2) is 24.0 Å². The van der Waals surface area contributed by atoms with Crippen molar-refractivity contribution in [3.05, 3.63) is 35.6 Å². The molecule has 1 aromatic rings. The molecular weight excluding hydrogens is 227 g/mol. The van der Waals surface area contributed by atoms with E-state index in [4.69, 9.17) is 5.73 Å². The van der Waals surface area contributed by atoms with Gasteiger partial charge in [-0.1, -0.05) is 37.5 Å². The lowest BCUT2D eigenvalue weighted by Crippen LogP contribution is -2.45. The monoisotopic (exact) mass is 250 g/mol. The Morgan fingerprint density at radius 2 is 1.94 bits per heavy atom. The Bertz CT molecular complexity index is 381. The predicted molar refractivity (Wildman–Crippen MR) is 72.7 cm³/mol. The molecule has 1 fully saturated rings. The molecule has 100 valence electrons. The van der Waals surface area contributed by atoms with Crippen molar-refractivity contribution in [1.82, 2.24) is 4.90 Å². The van der Waals surface area contributed by atoms with E-state index in [1.54, 1.807) is 6.07 Å². The van der Waals surface area contributed by atoms with Crippen LogP contribution in [0.2, 0.25) is 0 Å². The number of halogens is 1. The number of hydrogen-bond acceptors (Lipinski definition) is 2. The summed E-state index contributed by atoms with van der Waals surface area (Å²) in [4.78, 5) is 2.22. The minimum atomic E-state index is -0.119. The second-order valence-electron chi connectivity index (χ2n) is 5.38. The average Bonchev–Trinajstić information content (AvgIpc) is 2.57. The van der Waals surface area contributed by atoms with Gasteiger partial charge in [-0.15, -0.1) is 0 Å². The molecule has 2 unspecified atom stereocenters. The third-order valence-corrected chi connectivity index (χ3v) is 3.98. The zero-order valence-corrected chi connectivity index (χ0v) is 11.1. The normalized spacial score (nSPS) is 25.1. The van der Waals surface area contributed by atoms with Crippen molar-refractivity contribution in [2.24, 2.45) is 5.73 Å². The van der Waals surface area contributed by atoms with Crippen LogP contribution in [0, 0.1) is 5.82 Å². The van der Waals surface area contributed by atoms with Gasteiger partial charge in [-0.3, -0.25) is 4.90 Å². The number of nitrogens with two attached hydrogens (primary N) is 1. The van der Waals surface area contributed by atoms with Crippen LogP contribution in [0.4, 0.5) is 4.39 Å². The van der Waals surface area contributed by atoms with E-state index in [-0.39, 0.29) is 11.9 Å². The molecule has 0 spiro atoms. The summed E-state index contributed by atoms with van der Waals surface area (Å²) in [6.45, 7) is 0.644. The second kappa shape index (κ2) is 6.30. The SMILES string of the molecule is CN(Cc1ccccc1F)C1CCCCCC1N. The molecule has 2 rings (SSSR count). The minimum Gasteiger partial charge on any atom is -0.326 e. The highest BCUT2D eigenvalue weighted by atomic mass is 19.1. The van der Waals surface area contributed by atoms with E-state index in [9.17, 15) is 4.39 Å². The van der Waals surface area contributed by atoms with Crippen molar-refractivity contribution in [1.29, 1.82) is 0 Å². The molecule has 1 aliphatic carbocycles. The van der Waals surface area contributed by atoms with Crippen LogP contribution in [0.25, 0.3) is 0 Å². The Labute approximate surface area is 109 Å². The van der Waals surface area contributed by atoms with Crippen LogP contribution in [0.15, 0.2) is 24.3 Å². The van der Waals surface area contributed by atoms with Crippen LogP contribution in [-0.2, 0) is 6.54 Å². The quantitative estimate of drug-likeness (QED) is 0.836. The molecule has 0 saturated heterocycles. The molecule has 2 atom stereocenters. The minimum absolute atomic E-state index is 0.119. The molecule has 2 N–H and O–H groups in total. The van der Waals surface area contributed by atoms with Gasteiger partial charge in [0, 0.05) is 24.2 Å². The fourth-order valence-electron chi connectivity index (χ4n) is 2.88. The zero-order chi connectivity index (χ0) is 13.0. The summed E-state index contributed by atoms with van der Waals surface area (Å²) in [6, 6.07) is 7.61. The van der Waals surface area contributed by atoms with E-state index in [0.717, 1.165) is 18.4 Å². The molecule has 0 bridgehead atoms. The fraction of sp³-hybridized carbons (Fsp3) is 0.600. The highest BCUT2D eigenvalue weighted by Gasteiger charge is 2.24. The third kappa shape index (κ3) is 3.30. The summed E-state index contributed by atoms with van der Waals surface area (Å²) in [5, 5.41) is 0. The van der Waals surface area contributed by atoms with Crippen molar-refractivity contribution in [3.8, 4) is 0 Å². The lowest BCUT2D eigenvalue weighted by atomic mass is 10.0. The number of hydrogen-bond donors (Lipinski definition) is 1. The summed E-state index contributed by atoms with van der Waals surface area (Å²) >= 11 is 0. The summed E-state index contributed by atoms with van der Waals surface area (Å²) < 4.78 is 13.6. The average molecular weight is 250 g/mol. The van der Waals surface area contributed by atoms with E-state index in [1.807, 2.05) is 12.1 Å². The van der Waals surface area contributed by atoms with Gasteiger partial charge in [0.2, 0.25) is 0 Å². The van der Waals surface area contributed by atoms with Gasteiger partial charge in [0.05, 0.1) is 0 Å². The molecule has 1 aromatic carbocycles. The second-order valence-corrected chi connectivity index (χ2v) is 5.38. The molecule has 3 heteroatoms. The molecule has 0 aliphatic heterocycles. The van der Waals surface area contributed by atoms with E-state index in [0.29, 0.717) is 12.6 Å². The van der Waals surface area contributed by atoms with Gasteiger partial charge in [0.15, 0.2) is 0 Å². The number of benzene rings is 1. The summed E-state index contributed by atoms with van der Waals surface area (Å²) in [6.07, 6.45) is 5.96. The van der Waals surface area contributed by atoms with E-state index >= 15 is 0 Å². The van der Waals surface area contributed by atoms with E-state index < -0.39 is 0 Å². The molecule has 1 saturated carbocycles. The third-order valence-electron chi connectivity index (χ3n) is 3.98. The van der Waals surface area contributed by atoms with Gasteiger partial charge < -0.3 is 5.73 Å². The first-order valence-electron chi connectivity index (χ1n) is 6.87. The molecule has 0 heterocycles. The van der Waals surface area contributed by atoms with E-state index in [2.05, 4.69) is 11.9 Å². The number of nitrogens with zero attached hydrogens (tertiary/aromatic N) is 1. The first-order valence-corrected chi connectivity index (χ1v) is 6.87. The standard InChI is InChI=1S/C15H23FN2/c1-18(11-12-7-5-6-8-13(12)16)15-10-4-2-3-9-14(15)17/h5-8,14-15H,2-4,9-11,17H2,1H3.